The van der Waals surface area contributed by atoms with Gasteiger partial charge < -0.3 is 20.3 Å². The molecular formula is C14H15NO6. The van der Waals surface area contributed by atoms with Crippen LogP contribution in [0.1, 0.15) is 12.5 Å². The number of fused-ring (bicyclic) bond motifs is 1. The summed E-state index contributed by atoms with van der Waals surface area (Å²) in [5.74, 6) is -3.37. The Morgan fingerprint density at radius 3 is 2.29 bits per heavy atom. The number of Topliss-reactive ketones (excluding diaryl/α,β-unsaturated/α-hetero) is 1. The number of hydrogen-bond acceptors (Lipinski definition) is 4. The fraction of sp³-hybridized carbons (Fsp3) is 0.214. The first-order chi connectivity index (χ1) is 9.82. The Hall–Kier alpha value is -2.67. The molecule has 1 aromatic heterocycles. The zero-order valence-corrected chi connectivity index (χ0v) is 11.2. The molecule has 7 heteroatoms. The van der Waals surface area contributed by atoms with Crippen LogP contribution in [-0.4, -0.2) is 44.1 Å². The van der Waals surface area contributed by atoms with Crippen LogP contribution < -0.4 is 0 Å². The number of hydrogen-bond donors (Lipinski definition) is 4. The maximum Gasteiger partial charge on any atom is 0.372 e. The number of aromatic amines is 1. The van der Waals surface area contributed by atoms with Gasteiger partial charge in [0.05, 0.1) is 0 Å². The molecule has 0 radical (unpaired) electrons. The zero-order valence-electron chi connectivity index (χ0n) is 11.2. The van der Waals surface area contributed by atoms with E-state index in [-0.39, 0.29) is 6.42 Å². The maximum absolute atomic E-state index is 11.0. The van der Waals surface area contributed by atoms with Gasteiger partial charge in [0, 0.05) is 23.5 Å². The van der Waals surface area contributed by atoms with Gasteiger partial charge in [-0.25, -0.2) is 9.59 Å². The number of carboxylic acids is 2. The third-order valence-corrected chi connectivity index (χ3v) is 2.62. The van der Waals surface area contributed by atoms with Crippen LogP contribution in [0, 0.1) is 0 Å². The number of H-pyrrole nitrogens is 1. The number of carbonyl (C=O) groups is 3. The molecule has 4 N–H and O–H groups in total. The summed E-state index contributed by atoms with van der Waals surface area (Å²) in [7, 11) is 0. The Morgan fingerprint density at radius 1 is 1.19 bits per heavy atom. The SMILES string of the molecule is CC(O)C(=O)O.O=C(O)C(=O)Cc1c[nH]c2ccccc12. The van der Waals surface area contributed by atoms with E-state index < -0.39 is 23.8 Å². The normalized spacial score (nSPS) is 11.3. The molecule has 0 aliphatic heterocycles. The van der Waals surface area contributed by atoms with Crippen LogP contribution in [0.3, 0.4) is 0 Å². The van der Waals surface area contributed by atoms with Gasteiger partial charge >= 0.3 is 11.9 Å². The smallest absolute Gasteiger partial charge is 0.372 e. The van der Waals surface area contributed by atoms with E-state index >= 15 is 0 Å². The number of carbonyl (C=O) groups excluding carboxylic acids is 1. The molecular weight excluding hydrogens is 278 g/mol. The third kappa shape index (κ3) is 4.73. The molecule has 2 aromatic rings. The molecule has 0 fully saturated rings. The number of aliphatic hydroxyl groups excluding tert-OH is 1. The third-order valence-electron chi connectivity index (χ3n) is 2.62. The van der Waals surface area contributed by atoms with Gasteiger partial charge in [0.25, 0.3) is 0 Å². The fourth-order valence-electron chi connectivity index (χ4n) is 1.53. The Kier molecular flexibility index (Phi) is 5.62. The number of benzene rings is 1. The monoisotopic (exact) mass is 293 g/mol. The number of aliphatic hydroxyl groups is 1. The summed E-state index contributed by atoms with van der Waals surface area (Å²) in [6.07, 6.45) is 0.371. The maximum atomic E-state index is 11.0. The van der Waals surface area contributed by atoms with Crippen molar-refractivity contribution in [2.45, 2.75) is 19.4 Å². The zero-order chi connectivity index (χ0) is 16.0. The second kappa shape index (κ2) is 7.20. The highest BCUT2D eigenvalue weighted by Gasteiger charge is 2.14. The van der Waals surface area contributed by atoms with Crippen molar-refractivity contribution in [3.63, 3.8) is 0 Å². The van der Waals surface area contributed by atoms with Crippen molar-refractivity contribution in [1.82, 2.24) is 4.98 Å². The molecule has 1 unspecified atom stereocenters. The minimum absolute atomic E-state index is 0.0701. The highest BCUT2D eigenvalue weighted by atomic mass is 16.4. The lowest BCUT2D eigenvalue weighted by Crippen LogP contribution is -2.14. The molecule has 0 aliphatic rings. The fourth-order valence-corrected chi connectivity index (χ4v) is 1.53. The van der Waals surface area contributed by atoms with Crippen LogP contribution in [0.5, 0.6) is 0 Å². The first-order valence-corrected chi connectivity index (χ1v) is 6.05. The molecule has 1 heterocycles. The number of rotatable bonds is 4. The lowest BCUT2D eigenvalue weighted by atomic mass is 10.1. The summed E-state index contributed by atoms with van der Waals surface area (Å²) in [4.78, 5) is 33.9. The highest BCUT2D eigenvalue weighted by molar-refractivity contribution is 6.33. The van der Waals surface area contributed by atoms with Crippen molar-refractivity contribution in [2.24, 2.45) is 0 Å². The largest absolute Gasteiger partial charge is 0.479 e. The van der Waals surface area contributed by atoms with Gasteiger partial charge in [0.1, 0.15) is 6.10 Å². The Labute approximate surface area is 119 Å². The molecule has 112 valence electrons. The molecule has 0 aliphatic carbocycles. The molecule has 0 spiro atoms. The standard InChI is InChI=1S/C11H9NO3.C3H6O3/c13-10(11(14)15)5-7-6-12-9-4-2-1-3-8(7)9;1-2(4)3(5)6/h1-4,6,12H,5H2,(H,14,15);2,4H,1H3,(H,5,6). The summed E-state index contributed by atoms with van der Waals surface area (Å²) in [5, 5.41) is 25.2. The lowest BCUT2D eigenvalue weighted by molar-refractivity contribution is -0.148. The number of aromatic nitrogens is 1. The molecule has 0 saturated heterocycles. The summed E-state index contributed by atoms with van der Waals surface area (Å²) in [5.41, 5.74) is 1.63. The van der Waals surface area contributed by atoms with E-state index in [0.717, 1.165) is 16.5 Å². The Bertz CT molecular complexity index is 658. The predicted octanol–water partition coefficient (Wildman–Crippen LogP) is 0.816. The van der Waals surface area contributed by atoms with E-state index in [0.29, 0.717) is 0 Å². The molecule has 7 nitrogen and oxygen atoms in total. The van der Waals surface area contributed by atoms with E-state index in [2.05, 4.69) is 4.98 Å². The topological polar surface area (TPSA) is 128 Å². The number of aliphatic carboxylic acids is 2. The summed E-state index contributed by atoms with van der Waals surface area (Å²) in [6, 6.07) is 7.47. The van der Waals surface area contributed by atoms with E-state index in [9.17, 15) is 14.4 Å². The average Bonchev–Trinajstić information content (AvgIpc) is 2.82. The van der Waals surface area contributed by atoms with Crippen LogP contribution >= 0.6 is 0 Å². The number of carboxylic acid groups (broad SMARTS) is 2. The molecule has 0 saturated carbocycles. The quantitative estimate of drug-likeness (QED) is 0.618. The molecule has 1 atom stereocenters. The van der Waals surface area contributed by atoms with Crippen LogP contribution in [0.4, 0.5) is 0 Å². The molecule has 1 aromatic carbocycles. The van der Waals surface area contributed by atoms with Crippen molar-refractivity contribution in [3.8, 4) is 0 Å². The minimum atomic E-state index is -1.39. The Balaban J connectivity index is 0.000000315. The van der Waals surface area contributed by atoms with Crippen molar-refractivity contribution in [3.05, 3.63) is 36.0 Å². The molecule has 21 heavy (non-hydrogen) atoms. The van der Waals surface area contributed by atoms with Gasteiger partial charge in [-0.2, -0.15) is 0 Å². The highest BCUT2D eigenvalue weighted by Crippen LogP contribution is 2.18. The number of para-hydroxylation sites is 1. The van der Waals surface area contributed by atoms with Crippen molar-refractivity contribution >= 4 is 28.6 Å². The van der Waals surface area contributed by atoms with Crippen molar-refractivity contribution in [1.29, 1.82) is 0 Å². The van der Waals surface area contributed by atoms with Crippen LogP contribution in [0.25, 0.3) is 10.9 Å². The number of nitrogens with one attached hydrogen (secondary N) is 1. The summed E-state index contributed by atoms with van der Waals surface area (Å²) >= 11 is 0. The molecule has 2 rings (SSSR count). The molecule has 0 amide bonds. The minimum Gasteiger partial charge on any atom is -0.479 e. The summed E-state index contributed by atoms with van der Waals surface area (Å²) in [6.45, 7) is 1.20. The predicted molar refractivity (Wildman–Crippen MR) is 74.0 cm³/mol. The van der Waals surface area contributed by atoms with Gasteiger partial charge in [-0.1, -0.05) is 18.2 Å². The molecule has 0 bridgehead atoms. The Morgan fingerprint density at radius 2 is 1.76 bits per heavy atom. The first-order valence-electron chi connectivity index (χ1n) is 6.05. The van der Waals surface area contributed by atoms with E-state index in [1.165, 1.54) is 6.92 Å². The van der Waals surface area contributed by atoms with Gasteiger partial charge in [0.2, 0.25) is 5.78 Å². The average molecular weight is 293 g/mol. The second-order valence-electron chi connectivity index (χ2n) is 4.28. The van der Waals surface area contributed by atoms with Crippen LogP contribution in [0.15, 0.2) is 30.5 Å². The summed E-state index contributed by atoms with van der Waals surface area (Å²) < 4.78 is 0. The van der Waals surface area contributed by atoms with Crippen LogP contribution in [0.2, 0.25) is 0 Å². The van der Waals surface area contributed by atoms with Gasteiger partial charge in [0.15, 0.2) is 0 Å². The lowest BCUT2D eigenvalue weighted by Gasteiger charge is -1.94. The van der Waals surface area contributed by atoms with Crippen molar-refractivity contribution in [2.75, 3.05) is 0 Å². The van der Waals surface area contributed by atoms with Gasteiger partial charge in [-0.15, -0.1) is 0 Å². The van der Waals surface area contributed by atoms with Crippen molar-refractivity contribution < 1.29 is 29.7 Å². The van der Waals surface area contributed by atoms with Crippen LogP contribution in [-0.2, 0) is 20.8 Å². The van der Waals surface area contributed by atoms with E-state index in [1.807, 2.05) is 24.3 Å². The second-order valence-corrected chi connectivity index (χ2v) is 4.28. The van der Waals surface area contributed by atoms with Gasteiger partial charge in [-0.05, 0) is 18.6 Å². The number of ketones is 1. The van der Waals surface area contributed by atoms with E-state index in [1.54, 1.807) is 6.20 Å². The first kappa shape index (κ1) is 16.4. The van der Waals surface area contributed by atoms with Gasteiger partial charge in [-0.3, -0.25) is 4.79 Å². The van der Waals surface area contributed by atoms with E-state index in [4.69, 9.17) is 15.3 Å².